The van der Waals surface area contributed by atoms with Gasteiger partial charge in [-0.15, -0.1) is 0 Å². The highest BCUT2D eigenvalue weighted by atomic mass is 16.5. The summed E-state index contributed by atoms with van der Waals surface area (Å²) in [7, 11) is 0. The molecule has 0 atom stereocenters. The normalized spacial score (nSPS) is 9.69. The molecule has 0 radical (unpaired) electrons. The van der Waals surface area contributed by atoms with E-state index in [9.17, 15) is 0 Å². The van der Waals surface area contributed by atoms with Crippen LogP contribution in [0, 0.1) is 0 Å². The number of aliphatic hydroxyl groups excluding tert-OH is 1. The van der Waals surface area contributed by atoms with Gasteiger partial charge in [-0.3, -0.25) is 0 Å². The average Bonchev–Trinajstić information content (AvgIpc) is 2.86. The van der Waals surface area contributed by atoms with Crippen molar-refractivity contribution in [2.24, 2.45) is 0 Å². The van der Waals surface area contributed by atoms with Crippen LogP contribution in [0.2, 0.25) is 0 Å². The number of aromatic amines is 1. The summed E-state index contributed by atoms with van der Waals surface area (Å²) in [6, 6.07) is 9.78. The van der Waals surface area contributed by atoms with Gasteiger partial charge in [-0.05, 0) is 12.0 Å². The lowest BCUT2D eigenvalue weighted by Crippen LogP contribution is -2.05. The van der Waals surface area contributed by atoms with E-state index in [-0.39, 0.29) is 0 Å². The van der Waals surface area contributed by atoms with E-state index < -0.39 is 6.29 Å². The minimum atomic E-state index is -1.18. The van der Waals surface area contributed by atoms with Crippen molar-refractivity contribution in [2.75, 3.05) is 0 Å². The third-order valence-corrected chi connectivity index (χ3v) is 1.87. The van der Waals surface area contributed by atoms with Gasteiger partial charge in [-0.2, -0.15) is 15.4 Å². The second kappa shape index (κ2) is 7.56. The van der Waals surface area contributed by atoms with Gasteiger partial charge in [0.15, 0.2) is 6.29 Å². The van der Waals surface area contributed by atoms with E-state index in [1.165, 1.54) is 0 Å². The van der Waals surface area contributed by atoms with Crippen molar-refractivity contribution in [3.63, 3.8) is 0 Å². The fraction of sp³-hybridized carbons (Fsp3) is 0.273. The minimum Gasteiger partial charge on any atom is -0.368 e. The summed E-state index contributed by atoms with van der Waals surface area (Å²) >= 11 is 0. The molecule has 0 spiro atoms. The molecule has 0 aliphatic rings. The number of hydrogen-bond donors (Lipinski definition) is 3. The number of aliphatic hydroxyl groups is 2. The molecule has 1 heterocycles. The van der Waals surface area contributed by atoms with Crippen LogP contribution in [-0.2, 0) is 6.42 Å². The molecule has 5 heteroatoms. The maximum absolute atomic E-state index is 8.57. The Balaban J connectivity index is 0.000000212. The quantitative estimate of drug-likeness (QED) is 0.667. The Hall–Kier alpha value is -1.72. The summed E-state index contributed by atoms with van der Waals surface area (Å²) < 4.78 is 0. The Labute approximate surface area is 93.8 Å². The molecule has 0 amide bonds. The van der Waals surface area contributed by atoms with Crippen molar-refractivity contribution < 1.29 is 10.2 Å². The second-order valence-corrected chi connectivity index (χ2v) is 3.16. The highest BCUT2D eigenvalue weighted by Crippen LogP contribution is 2.03. The molecule has 2 aromatic rings. The zero-order valence-electron chi connectivity index (χ0n) is 8.82. The summed E-state index contributed by atoms with van der Waals surface area (Å²) in [5.74, 6) is 0. The molecule has 86 valence electrons. The van der Waals surface area contributed by atoms with Crippen LogP contribution >= 0.6 is 0 Å². The Morgan fingerprint density at radius 3 is 2.12 bits per heavy atom. The maximum Gasteiger partial charge on any atom is 0.151 e. The van der Waals surface area contributed by atoms with Gasteiger partial charge >= 0.3 is 0 Å². The monoisotopic (exact) mass is 221 g/mol. The molecule has 0 aliphatic heterocycles. The molecule has 16 heavy (non-hydrogen) atoms. The number of rotatable bonds is 3. The molecule has 2 rings (SSSR count). The molecule has 0 saturated carbocycles. The maximum atomic E-state index is 8.57. The van der Waals surface area contributed by atoms with E-state index >= 15 is 0 Å². The van der Waals surface area contributed by atoms with Crippen molar-refractivity contribution in [1.29, 1.82) is 0 Å². The number of nitrogens with zero attached hydrogens (tertiary/aromatic N) is 2. The topological polar surface area (TPSA) is 82.0 Å². The van der Waals surface area contributed by atoms with Crippen molar-refractivity contribution in [2.45, 2.75) is 19.1 Å². The van der Waals surface area contributed by atoms with Crippen molar-refractivity contribution in [3.8, 4) is 0 Å². The number of aromatic nitrogens is 3. The lowest BCUT2D eigenvalue weighted by molar-refractivity contribution is -0.0446. The van der Waals surface area contributed by atoms with Gasteiger partial charge in [0, 0.05) is 6.42 Å². The molecule has 5 nitrogen and oxygen atoms in total. The number of nitrogens with one attached hydrogen (secondary N) is 1. The first-order valence-corrected chi connectivity index (χ1v) is 4.99. The fourth-order valence-corrected chi connectivity index (χ4v) is 1.11. The van der Waals surface area contributed by atoms with Crippen LogP contribution < -0.4 is 0 Å². The Morgan fingerprint density at radius 1 is 1.06 bits per heavy atom. The van der Waals surface area contributed by atoms with Crippen LogP contribution in [0.15, 0.2) is 42.7 Å². The third kappa shape index (κ3) is 5.90. The van der Waals surface area contributed by atoms with Crippen molar-refractivity contribution in [3.05, 3.63) is 48.3 Å². The van der Waals surface area contributed by atoms with Crippen LogP contribution in [0.4, 0.5) is 0 Å². The first kappa shape index (κ1) is 12.4. The Bertz CT molecular complexity index is 331. The number of hydrogen-bond acceptors (Lipinski definition) is 4. The van der Waals surface area contributed by atoms with Gasteiger partial charge in [0.2, 0.25) is 0 Å². The highest BCUT2D eigenvalue weighted by molar-refractivity contribution is 5.14. The lowest BCUT2D eigenvalue weighted by Gasteiger charge is -2.02. The predicted octanol–water partition coefficient (Wildman–Crippen LogP) is 0.735. The molecule has 0 bridgehead atoms. The van der Waals surface area contributed by atoms with Crippen LogP contribution in [0.25, 0.3) is 0 Å². The molecule has 0 saturated heterocycles. The van der Waals surface area contributed by atoms with E-state index in [0.29, 0.717) is 6.42 Å². The SMILES string of the molecule is OC(O)CCc1ccccc1.c1cn[nH]n1. The van der Waals surface area contributed by atoms with E-state index in [1.54, 1.807) is 12.4 Å². The number of benzene rings is 1. The summed E-state index contributed by atoms with van der Waals surface area (Å²) in [4.78, 5) is 0. The van der Waals surface area contributed by atoms with Gasteiger partial charge in [-0.25, -0.2) is 0 Å². The highest BCUT2D eigenvalue weighted by Gasteiger charge is 1.97. The Morgan fingerprint density at radius 2 is 1.69 bits per heavy atom. The second-order valence-electron chi connectivity index (χ2n) is 3.16. The van der Waals surface area contributed by atoms with Gasteiger partial charge in [0.25, 0.3) is 0 Å². The fourth-order valence-electron chi connectivity index (χ4n) is 1.11. The predicted molar refractivity (Wildman–Crippen MR) is 59.4 cm³/mol. The Kier molecular flexibility index (Phi) is 5.83. The zero-order chi connectivity index (χ0) is 11.6. The van der Waals surface area contributed by atoms with Gasteiger partial charge in [0.05, 0.1) is 12.4 Å². The smallest absolute Gasteiger partial charge is 0.151 e. The first-order valence-electron chi connectivity index (χ1n) is 4.99. The van der Waals surface area contributed by atoms with Crippen molar-refractivity contribution >= 4 is 0 Å². The third-order valence-electron chi connectivity index (χ3n) is 1.87. The summed E-state index contributed by atoms with van der Waals surface area (Å²) in [6.07, 6.45) is 3.11. The zero-order valence-corrected chi connectivity index (χ0v) is 8.82. The lowest BCUT2D eigenvalue weighted by atomic mass is 10.1. The largest absolute Gasteiger partial charge is 0.368 e. The molecule has 3 N–H and O–H groups in total. The molecule has 0 aliphatic carbocycles. The van der Waals surface area contributed by atoms with Gasteiger partial charge < -0.3 is 10.2 Å². The average molecular weight is 221 g/mol. The van der Waals surface area contributed by atoms with Crippen LogP contribution in [0.1, 0.15) is 12.0 Å². The summed E-state index contributed by atoms with van der Waals surface area (Å²) in [5.41, 5.74) is 1.14. The molecular weight excluding hydrogens is 206 g/mol. The van der Waals surface area contributed by atoms with Crippen LogP contribution in [0.5, 0.6) is 0 Å². The minimum absolute atomic E-state index is 0.407. The standard InChI is InChI=1S/C9H12O2.C2H3N3/c10-9(11)7-6-8-4-2-1-3-5-8;1-2-4-5-3-1/h1-5,9-11H,6-7H2;1-2H,(H,3,4,5). The van der Waals surface area contributed by atoms with E-state index in [0.717, 1.165) is 12.0 Å². The van der Waals surface area contributed by atoms with Crippen molar-refractivity contribution in [1.82, 2.24) is 15.4 Å². The molecule has 0 unspecified atom stereocenters. The van der Waals surface area contributed by atoms with E-state index in [2.05, 4.69) is 15.4 Å². The summed E-state index contributed by atoms with van der Waals surface area (Å²) in [6.45, 7) is 0. The molecule has 1 aromatic heterocycles. The number of H-pyrrole nitrogens is 1. The van der Waals surface area contributed by atoms with Crippen LogP contribution in [-0.4, -0.2) is 31.9 Å². The number of aryl methyl sites for hydroxylation is 1. The molecule has 0 fully saturated rings. The van der Waals surface area contributed by atoms with E-state index in [4.69, 9.17) is 10.2 Å². The van der Waals surface area contributed by atoms with Crippen LogP contribution in [0.3, 0.4) is 0 Å². The summed E-state index contributed by atoms with van der Waals surface area (Å²) in [5, 5.41) is 26.5. The van der Waals surface area contributed by atoms with Gasteiger partial charge in [0.1, 0.15) is 0 Å². The molecule has 1 aromatic carbocycles. The first-order chi connectivity index (χ1) is 7.79. The van der Waals surface area contributed by atoms with E-state index in [1.807, 2.05) is 30.3 Å². The van der Waals surface area contributed by atoms with Gasteiger partial charge in [-0.1, -0.05) is 30.3 Å². The molecular formula is C11H15N3O2.